The lowest BCUT2D eigenvalue weighted by Gasteiger charge is -2.46. The molecule has 2 aliphatic heterocycles. The number of aromatic nitrogens is 8. The fourth-order valence-corrected chi connectivity index (χ4v) is 22.7. The quantitative estimate of drug-likeness (QED) is 0.0700. The Balaban J connectivity index is 0.000000194. The molecule has 2 saturated heterocycles. The number of hydrogen-bond donors (Lipinski definition) is 1. The molecule has 0 bridgehead atoms. The monoisotopic (exact) mass is 1460 g/mol. The van der Waals surface area contributed by atoms with Gasteiger partial charge in [0.15, 0.2) is 0 Å². The first-order valence-corrected chi connectivity index (χ1v) is 38.6. The minimum atomic E-state index is -2.80. The number of aryl methyl sites for hydroxylation is 2. The van der Waals surface area contributed by atoms with E-state index in [1.165, 1.54) is 96.5 Å². The molecular weight excluding hydrogens is 1380 g/mol. The summed E-state index contributed by atoms with van der Waals surface area (Å²) in [6, 6.07) is 31.3. The van der Waals surface area contributed by atoms with Gasteiger partial charge in [0.1, 0.15) is 67.1 Å². The number of carbonyl (C=O) groups is 2. The Morgan fingerprint density at radius 2 is 0.951 bits per heavy atom. The molecule has 4 fully saturated rings. The highest BCUT2D eigenvalue weighted by atomic mass is 32.1. The number of likely N-dealkylation sites (tertiary alicyclic amines) is 2. The van der Waals surface area contributed by atoms with Gasteiger partial charge in [-0.1, -0.05) is 104 Å². The maximum Gasteiger partial charge on any atom is 0.332 e. The summed E-state index contributed by atoms with van der Waals surface area (Å²) in [4.78, 5) is 87.9. The average molecular weight is 1460 g/mol. The number of hydrogen-bond acceptors (Lipinski definition) is 16. The first-order valence-electron chi connectivity index (χ1n) is 35.0. The molecule has 2 saturated carbocycles. The van der Waals surface area contributed by atoms with E-state index < -0.39 is 72.8 Å². The van der Waals surface area contributed by atoms with Crippen molar-refractivity contribution in [2.24, 2.45) is 0 Å². The number of methoxy groups -OCH3 is 2. The minimum absolute atomic E-state index is 0.0269. The maximum atomic E-state index is 15.2. The van der Waals surface area contributed by atoms with Crippen LogP contribution in [0.25, 0.3) is 30.4 Å². The Bertz CT molecular complexity index is 4940. The van der Waals surface area contributed by atoms with Crippen LogP contribution in [0.4, 0.5) is 8.78 Å². The third-order valence-electron chi connectivity index (χ3n) is 20.8. The molecule has 2 amide bonds. The van der Waals surface area contributed by atoms with Crippen molar-refractivity contribution in [2.45, 2.75) is 166 Å². The van der Waals surface area contributed by atoms with Gasteiger partial charge in [0, 0.05) is 80.3 Å². The Kier molecular flexibility index (Phi) is 21.1. The van der Waals surface area contributed by atoms with E-state index in [2.05, 4.69) is 79.5 Å². The topological polar surface area (TPSA) is 231 Å². The average Bonchev–Trinajstić information content (AvgIpc) is 1.67. The van der Waals surface area contributed by atoms with E-state index in [4.69, 9.17) is 23.4 Å². The molecule has 1 N–H and O–H groups in total. The van der Waals surface area contributed by atoms with Gasteiger partial charge in [-0.2, -0.15) is 10.2 Å². The summed E-state index contributed by atoms with van der Waals surface area (Å²) in [5.74, 6) is -0.750. The Morgan fingerprint density at radius 1 is 0.553 bits per heavy atom. The van der Waals surface area contributed by atoms with Gasteiger partial charge in [0.25, 0.3) is 19.4 Å². The number of thiophene rings is 2. The Hall–Kier alpha value is -8.96. The zero-order valence-electron chi connectivity index (χ0n) is 59.2. The van der Waals surface area contributed by atoms with Gasteiger partial charge in [-0.25, -0.2) is 36.9 Å². The standard InChI is InChI=1S/C46H52FN5O6SSi.C30H34FN5O6S/c1-30-40-42(54)52(37-24-27-49(5)41(37)53)45(55)50(44(40)59-43(30)51-26-13-25-48-51)29-39(36-28-31(47)18-23-38(36)56-6)57-32-19-21-33(22-20-32)58-60(46(2,3)4,34-14-9-7-10-15-34)35-16-11-8-12-17-35;1-17-25-27(39)36(22-11-14-33(2)26(22)38)30(40)34(29(25)43-28(17)35-13-4-12-32-35)16-24(42-20-8-6-19(37)7-9-20)21-15-18(31)5-10-23(21)41-3/h7-18,23,25-26,28,32-33,37,39H,19-22,24,27,29H2,1-6H3;4-5,10,12-13,15,19-20,22,24,37H,6-9,11,14,16H2,1-3H3/t32?,33?,37-,39-;19?,20?,22-,24-/m00/s1. The lowest BCUT2D eigenvalue weighted by Crippen LogP contribution is -2.67. The van der Waals surface area contributed by atoms with Crippen LogP contribution in [0, 0.1) is 25.5 Å². The van der Waals surface area contributed by atoms with Crippen molar-refractivity contribution in [3.8, 4) is 21.5 Å². The molecule has 542 valence electrons. The summed E-state index contributed by atoms with van der Waals surface area (Å²) >= 11 is 2.52. The van der Waals surface area contributed by atoms with Crippen molar-refractivity contribution in [3.63, 3.8) is 0 Å². The van der Waals surface area contributed by atoms with Crippen LogP contribution in [0.2, 0.25) is 5.04 Å². The van der Waals surface area contributed by atoms with E-state index in [1.807, 2.05) is 19.1 Å². The van der Waals surface area contributed by atoms with E-state index >= 15 is 4.39 Å². The number of nitrogens with zero attached hydrogens (tertiary/aromatic N) is 10. The number of likely N-dealkylation sites (N-methyl/N-ethyl adjacent to an activating group) is 2. The fraction of sp³-hybridized carbons (Fsp3) is 0.421. The summed E-state index contributed by atoms with van der Waals surface area (Å²) in [6.07, 6.45) is 10.0. The lowest BCUT2D eigenvalue weighted by atomic mass is 9.94. The molecule has 10 aromatic rings. The van der Waals surface area contributed by atoms with Crippen LogP contribution in [0.5, 0.6) is 11.5 Å². The number of amides is 2. The molecule has 0 spiro atoms. The number of fused-ring (bicyclic) bond motifs is 2. The summed E-state index contributed by atoms with van der Waals surface area (Å²) < 4.78 is 70.8. The molecule has 6 aromatic heterocycles. The number of rotatable bonds is 20. The van der Waals surface area contributed by atoms with Crippen molar-refractivity contribution < 1.29 is 46.8 Å². The number of ether oxygens (including phenoxy) is 4. The van der Waals surface area contributed by atoms with Gasteiger partial charge >= 0.3 is 11.4 Å². The number of halogens is 2. The predicted octanol–water partition coefficient (Wildman–Crippen LogP) is 10.2. The first-order chi connectivity index (χ1) is 49.5. The number of aliphatic hydroxyl groups is 1. The van der Waals surface area contributed by atoms with Gasteiger partial charge < -0.3 is 38.3 Å². The van der Waals surface area contributed by atoms with Gasteiger partial charge in [-0.3, -0.25) is 28.3 Å². The van der Waals surface area contributed by atoms with Crippen LogP contribution >= 0.6 is 22.7 Å². The maximum absolute atomic E-state index is 15.2. The molecular formula is C76H86F2N10O12S2Si. The van der Waals surface area contributed by atoms with Gasteiger partial charge in [-0.05, 0) is 142 Å². The molecule has 22 nitrogen and oxygen atoms in total. The second kappa shape index (κ2) is 30.0. The zero-order valence-corrected chi connectivity index (χ0v) is 61.8. The number of benzene rings is 4. The predicted molar refractivity (Wildman–Crippen MR) is 394 cm³/mol. The SMILES string of the molecule is COc1ccc(F)cc1[C@H](Cn1c(=O)n([C@H]2CCN(C)C2=O)c(=O)c2c(C)c(-n3cccn3)sc21)OC1CCC(O)CC1.COc1ccc(F)cc1[C@H](Cn1c(=O)n([C@H]2CCN(C)C2=O)c(=O)c2c(C)c(-n3cccn3)sc21)OC1CCC(O[Si](c2ccccc2)(c2ccccc2)C(C)(C)C)CC1. The highest BCUT2D eigenvalue weighted by molar-refractivity contribution is 7.21. The molecule has 0 unspecified atom stereocenters. The second-order valence-electron chi connectivity index (χ2n) is 28.2. The summed E-state index contributed by atoms with van der Waals surface area (Å²) in [5.41, 5.74) is -0.168. The summed E-state index contributed by atoms with van der Waals surface area (Å²) in [5, 5.41) is 23.1. The van der Waals surface area contributed by atoms with Gasteiger partial charge in [-0.15, -0.1) is 0 Å². The van der Waals surface area contributed by atoms with E-state index in [9.17, 15) is 38.3 Å². The fourth-order valence-electron chi connectivity index (χ4n) is 15.4. The van der Waals surface area contributed by atoms with Crippen molar-refractivity contribution in [2.75, 3.05) is 41.4 Å². The lowest BCUT2D eigenvalue weighted by molar-refractivity contribution is -0.130. The van der Waals surface area contributed by atoms with Crippen LogP contribution in [-0.4, -0.2) is 139 Å². The molecule has 4 atom stereocenters. The van der Waals surface area contributed by atoms with Crippen LogP contribution in [-0.2, 0) is 36.6 Å². The van der Waals surface area contributed by atoms with Gasteiger partial charge in [0.2, 0.25) is 11.8 Å². The second-order valence-corrected chi connectivity index (χ2v) is 34.4. The Labute approximate surface area is 602 Å². The molecule has 27 heteroatoms. The van der Waals surface area contributed by atoms with Crippen molar-refractivity contribution >= 4 is 73.6 Å². The van der Waals surface area contributed by atoms with Crippen LogP contribution in [0.3, 0.4) is 0 Å². The van der Waals surface area contributed by atoms with E-state index in [0.29, 0.717) is 129 Å². The highest BCUT2D eigenvalue weighted by Gasteiger charge is 2.52. The normalized spacial score (nSPS) is 20.2. The summed E-state index contributed by atoms with van der Waals surface area (Å²) in [7, 11) is 3.53. The third-order valence-corrected chi connectivity index (χ3v) is 28.5. The van der Waals surface area contributed by atoms with E-state index in [-0.39, 0.29) is 48.3 Å². The van der Waals surface area contributed by atoms with Gasteiger partial charge in [0.05, 0.1) is 56.4 Å². The van der Waals surface area contributed by atoms with E-state index in [1.54, 1.807) is 73.4 Å². The van der Waals surface area contributed by atoms with Crippen molar-refractivity contribution in [3.05, 3.63) is 210 Å². The zero-order chi connectivity index (χ0) is 72.8. The van der Waals surface area contributed by atoms with E-state index in [0.717, 1.165) is 22.0 Å². The molecule has 14 rings (SSSR count). The summed E-state index contributed by atoms with van der Waals surface area (Å²) in [6.45, 7) is 11.2. The van der Waals surface area contributed by atoms with Crippen LogP contribution in [0.1, 0.15) is 132 Å². The van der Waals surface area contributed by atoms with Crippen molar-refractivity contribution in [1.82, 2.24) is 47.6 Å². The molecule has 8 heterocycles. The minimum Gasteiger partial charge on any atom is -0.496 e. The molecule has 0 radical (unpaired) electrons. The van der Waals surface area contributed by atoms with Crippen LogP contribution in [0.15, 0.2) is 153 Å². The number of aliphatic hydroxyl groups excluding tert-OH is 1. The largest absolute Gasteiger partial charge is 0.496 e. The molecule has 4 aliphatic rings. The highest BCUT2D eigenvalue weighted by Crippen LogP contribution is 2.43. The first kappa shape index (κ1) is 72.4. The number of carbonyl (C=O) groups excluding carboxylic acids is 2. The molecule has 2 aliphatic carbocycles. The van der Waals surface area contributed by atoms with Crippen LogP contribution < -0.4 is 42.3 Å². The molecule has 103 heavy (non-hydrogen) atoms. The molecule has 4 aromatic carbocycles. The third kappa shape index (κ3) is 14.0. The van der Waals surface area contributed by atoms with Crippen molar-refractivity contribution in [1.29, 1.82) is 0 Å². The smallest absolute Gasteiger partial charge is 0.332 e. The Morgan fingerprint density at radius 3 is 1.31 bits per heavy atom.